The van der Waals surface area contributed by atoms with Gasteiger partial charge in [-0.1, -0.05) is 170 Å². The molecule has 0 aliphatic heterocycles. The molecule has 13 rings (SSSR count). The van der Waals surface area contributed by atoms with Crippen LogP contribution in [-0.2, 0) is 12.8 Å². The van der Waals surface area contributed by atoms with Gasteiger partial charge >= 0.3 is 0 Å². The number of rotatable bonds is 6. The molecule has 0 radical (unpaired) electrons. The number of thiophene rings is 1. The van der Waals surface area contributed by atoms with Crippen LogP contribution in [0.25, 0.3) is 109 Å². The first-order chi connectivity index (χ1) is 32.9. The predicted octanol–water partition coefficient (Wildman–Crippen LogP) is 16.6. The Labute approximate surface area is 395 Å². The standard InChI is InChI=1S/C63H45N3S/c1-36-32-48-45-28-16-14-26-43(45)34-50(48)53(38(36)3)58-55(40-20-8-5-9-21-40)59(57-47-30-18-19-31-52(47)67-63(57)56(58)41-22-10-6-11-23-41)62-60(61(64-66-65-62)42-24-12-7-13-25-42)54-39(4)37(2)33-49-46-29-17-15-27-44(46)35-51(49)54/h5-33H,34-35H2,1-4H3. The minimum Gasteiger partial charge on any atom is -0.134 e. The van der Waals surface area contributed by atoms with Gasteiger partial charge in [0.05, 0.1) is 0 Å². The van der Waals surface area contributed by atoms with Gasteiger partial charge in [-0.15, -0.1) is 21.5 Å². The lowest BCUT2D eigenvalue weighted by atomic mass is 9.76. The van der Waals surface area contributed by atoms with Gasteiger partial charge in [-0.25, -0.2) is 0 Å². The highest BCUT2D eigenvalue weighted by Crippen LogP contribution is 2.59. The first kappa shape index (κ1) is 39.6. The van der Waals surface area contributed by atoms with Crippen molar-refractivity contribution in [1.29, 1.82) is 0 Å². The molecule has 0 spiro atoms. The molecule has 2 heterocycles. The first-order valence-electron chi connectivity index (χ1n) is 23.3. The Morgan fingerprint density at radius 2 is 0.866 bits per heavy atom. The van der Waals surface area contributed by atoms with Gasteiger partial charge in [-0.2, -0.15) is 0 Å². The van der Waals surface area contributed by atoms with Crippen molar-refractivity contribution in [2.75, 3.05) is 0 Å². The molecule has 0 fully saturated rings. The van der Waals surface area contributed by atoms with Crippen LogP contribution in [0.15, 0.2) is 176 Å². The number of hydrogen-bond acceptors (Lipinski definition) is 4. The zero-order valence-electron chi connectivity index (χ0n) is 37.9. The van der Waals surface area contributed by atoms with Crippen molar-refractivity contribution in [3.05, 3.63) is 220 Å². The van der Waals surface area contributed by atoms with E-state index in [1.165, 1.54) is 115 Å². The van der Waals surface area contributed by atoms with Crippen molar-refractivity contribution in [2.24, 2.45) is 0 Å². The van der Waals surface area contributed by atoms with Crippen LogP contribution in [0.3, 0.4) is 0 Å². The summed E-state index contributed by atoms with van der Waals surface area (Å²) in [6.07, 6.45) is 1.69. The van der Waals surface area contributed by atoms with E-state index in [2.05, 4.69) is 204 Å². The predicted molar refractivity (Wildman–Crippen MR) is 281 cm³/mol. The molecule has 0 unspecified atom stereocenters. The third-order valence-corrected chi connectivity index (χ3v) is 15.9. The average molecular weight is 876 g/mol. The largest absolute Gasteiger partial charge is 0.134 e. The maximum Gasteiger partial charge on any atom is 0.106 e. The molecule has 318 valence electrons. The molecule has 2 aromatic heterocycles. The third kappa shape index (κ3) is 5.99. The smallest absolute Gasteiger partial charge is 0.106 e. The molecule has 11 aromatic rings. The van der Waals surface area contributed by atoms with Crippen molar-refractivity contribution in [1.82, 2.24) is 15.4 Å². The van der Waals surface area contributed by atoms with Crippen molar-refractivity contribution >= 4 is 31.5 Å². The van der Waals surface area contributed by atoms with E-state index in [0.29, 0.717) is 0 Å². The number of nitrogens with zero attached hydrogens (tertiary/aromatic N) is 3. The summed E-state index contributed by atoms with van der Waals surface area (Å²) >= 11 is 1.89. The molecule has 67 heavy (non-hydrogen) atoms. The Morgan fingerprint density at radius 1 is 0.388 bits per heavy atom. The van der Waals surface area contributed by atoms with Crippen LogP contribution in [0, 0.1) is 27.7 Å². The fourth-order valence-corrected chi connectivity index (χ4v) is 12.8. The fraction of sp³-hybridized carbons (Fsp3) is 0.0952. The second-order valence-electron chi connectivity index (χ2n) is 18.4. The maximum absolute atomic E-state index is 5.41. The number of hydrogen-bond donors (Lipinski definition) is 0. The topological polar surface area (TPSA) is 38.7 Å². The quantitative estimate of drug-likeness (QED) is 0.167. The normalized spacial score (nSPS) is 12.4. The summed E-state index contributed by atoms with van der Waals surface area (Å²) in [5, 5.41) is 17.7. The Hall–Kier alpha value is -7.79. The molecule has 0 N–H and O–H groups in total. The minimum absolute atomic E-state index is 0.827. The zero-order chi connectivity index (χ0) is 44.9. The molecule has 2 aliphatic carbocycles. The summed E-state index contributed by atoms with van der Waals surface area (Å²) in [7, 11) is 0. The van der Waals surface area contributed by atoms with E-state index in [1.807, 2.05) is 11.3 Å². The summed E-state index contributed by atoms with van der Waals surface area (Å²) in [5.74, 6) is 0. The first-order valence-corrected chi connectivity index (χ1v) is 24.1. The van der Waals surface area contributed by atoms with E-state index >= 15 is 0 Å². The van der Waals surface area contributed by atoms with Crippen LogP contribution in [0.4, 0.5) is 0 Å². The van der Waals surface area contributed by atoms with Crippen LogP contribution in [0.1, 0.15) is 44.5 Å². The van der Waals surface area contributed by atoms with Gasteiger partial charge in [0.2, 0.25) is 0 Å². The summed E-state index contributed by atoms with van der Waals surface area (Å²) < 4.78 is 2.48. The Morgan fingerprint density at radius 3 is 1.46 bits per heavy atom. The highest BCUT2D eigenvalue weighted by atomic mass is 32.1. The Bertz CT molecular complexity index is 3830. The van der Waals surface area contributed by atoms with E-state index in [9.17, 15) is 0 Å². The summed E-state index contributed by atoms with van der Waals surface area (Å²) in [6.45, 7) is 9.19. The van der Waals surface area contributed by atoms with Crippen LogP contribution in [0.2, 0.25) is 0 Å². The molecule has 2 aliphatic rings. The maximum atomic E-state index is 5.41. The second-order valence-corrected chi connectivity index (χ2v) is 19.4. The molecule has 0 amide bonds. The molecule has 3 nitrogen and oxygen atoms in total. The number of fused-ring (bicyclic) bond motifs is 9. The van der Waals surface area contributed by atoms with Crippen molar-refractivity contribution in [2.45, 2.75) is 40.5 Å². The lowest BCUT2D eigenvalue weighted by molar-refractivity contribution is 0.878. The molecule has 0 saturated carbocycles. The summed E-state index contributed by atoms with van der Waals surface area (Å²) in [5.41, 5.74) is 29.0. The molecular weight excluding hydrogens is 831 g/mol. The zero-order valence-corrected chi connectivity index (χ0v) is 38.7. The summed E-state index contributed by atoms with van der Waals surface area (Å²) in [6, 6.07) is 64.6. The van der Waals surface area contributed by atoms with Gasteiger partial charge < -0.3 is 0 Å². The van der Waals surface area contributed by atoms with Gasteiger partial charge in [0, 0.05) is 53.6 Å². The molecule has 0 saturated heterocycles. The Balaban J connectivity index is 1.29. The van der Waals surface area contributed by atoms with Crippen molar-refractivity contribution in [3.63, 3.8) is 0 Å². The van der Waals surface area contributed by atoms with Crippen LogP contribution in [-0.4, -0.2) is 15.4 Å². The highest BCUT2D eigenvalue weighted by molar-refractivity contribution is 7.26. The molecule has 4 heteroatoms. The van der Waals surface area contributed by atoms with Crippen LogP contribution < -0.4 is 0 Å². The fourth-order valence-electron chi connectivity index (χ4n) is 11.5. The van der Waals surface area contributed by atoms with E-state index in [0.717, 1.165) is 52.0 Å². The molecule has 0 atom stereocenters. The number of aromatic nitrogens is 3. The van der Waals surface area contributed by atoms with E-state index in [-0.39, 0.29) is 0 Å². The average Bonchev–Trinajstić information content (AvgIpc) is 4.06. The van der Waals surface area contributed by atoms with Crippen molar-refractivity contribution in [3.8, 4) is 89.3 Å². The van der Waals surface area contributed by atoms with Gasteiger partial charge in [-0.05, 0) is 141 Å². The van der Waals surface area contributed by atoms with Crippen LogP contribution in [0.5, 0.6) is 0 Å². The van der Waals surface area contributed by atoms with Gasteiger partial charge in [-0.3, -0.25) is 0 Å². The lowest BCUT2D eigenvalue weighted by Gasteiger charge is -2.27. The third-order valence-electron chi connectivity index (χ3n) is 14.8. The lowest BCUT2D eigenvalue weighted by Crippen LogP contribution is -2.07. The van der Waals surface area contributed by atoms with Crippen molar-refractivity contribution < 1.29 is 0 Å². The number of aryl methyl sites for hydroxylation is 2. The SMILES string of the molecule is Cc1cc2c(c(-c3c(-c4ccccc4)nnnc3-c3c(-c4ccccc4)c(-c4c(C)c(C)cc5c4Cc4ccccc4-5)c(-c4ccccc4)c4sc5ccccc5c34)c1C)Cc1ccccc1-2. The Kier molecular flexibility index (Phi) is 9.10. The second kappa shape index (κ2) is 15.4. The van der Waals surface area contributed by atoms with Crippen LogP contribution >= 0.6 is 11.3 Å². The van der Waals surface area contributed by atoms with E-state index < -0.39 is 0 Å². The molecular formula is C63H45N3S. The molecule has 0 bridgehead atoms. The monoisotopic (exact) mass is 875 g/mol. The highest BCUT2D eigenvalue weighted by Gasteiger charge is 2.35. The van der Waals surface area contributed by atoms with Gasteiger partial charge in [0.25, 0.3) is 0 Å². The minimum atomic E-state index is 0.827. The summed E-state index contributed by atoms with van der Waals surface area (Å²) in [4.78, 5) is 0. The van der Waals surface area contributed by atoms with E-state index in [1.54, 1.807) is 0 Å². The molecule has 9 aromatic carbocycles. The van der Waals surface area contributed by atoms with Gasteiger partial charge in [0.15, 0.2) is 0 Å². The van der Waals surface area contributed by atoms with Gasteiger partial charge in [0.1, 0.15) is 11.4 Å². The number of benzene rings is 9. The van der Waals surface area contributed by atoms with E-state index in [4.69, 9.17) is 15.4 Å².